The first-order valence-electron chi connectivity index (χ1n) is 10.9. The number of nitriles is 1. The molecule has 0 spiro atoms. The van der Waals surface area contributed by atoms with Crippen molar-refractivity contribution in [3.63, 3.8) is 0 Å². The molecule has 1 aliphatic heterocycles. The average Bonchev–Trinajstić information content (AvgIpc) is 3.22. The lowest BCUT2D eigenvalue weighted by molar-refractivity contribution is -0.132. The first-order chi connectivity index (χ1) is 16.6. The van der Waals surface area contributed by atoms with Crippen LogP contribution < -0.4 is 10.1 Å². The Morgan fingerprint density at radius 1 is 1.29 bits per heavy atom. The van der Waals surface area contributed by atoms with E-state index in [1.807, 2.05) is 41.3 Å². The third kappa shape index (κ3) is 5.33. The minimum atomic E-state index is -0.328. The number of para-hydroxylation sites is 1. The number of nitrogens with zero attached hydrogens (tertiary/aromatic N) is 3. The number of carbonyl (C=O) groups excluding carboxylic acids is 2. The lowest BCUT2D eigenvalue weighted by atomic mass is 10.0. The number of methoxy groups -OCH3 is 1. The van der Waals surface area contributed by atoms with Gasteiger partial charge in [-0.15, -0.1) is 11.3 Å². The van der Waals surface area contributed by atoms with Gasteiger partial charge in [-0.2, -0.15) is 5.26 Å². The fourth-order valence-electron chi connectivity index (χ4n) is 3.90. The molecule has 4 rings (SSSR count). The number of fused-ring (bicyclic) bond motifs is 1. The van der Waals surface area contributed by atoms with Gasteiger partial charge in [-0.3, -0.25) is 14.6 Å². The number of thiophene rings is 1. The zero-order chi connectivity index (χ0) is 23.9. The minimum absolute atomic E-state index is 0.0757. The second-order valence-corrected chi connectivity index (χ2v) is 8.92. The van der Waals surface area contributed by atoms with Crippen molar-refractivity contribution < 1.29 is 14.3 Å². The molecule has 3 aromatic rings. The molecule has 0 atom stereocenters. The van der Waals surface area contributed by atoms with E-state index in [4.69, 9.17) is 4.74 Å². The van der Waals surface area contributed by atoms with Gasteiger partial charge in [-0.1, -0.05) is 24.3 Å². The number of pyridine rings is 1. The Kier molecular flexibility index (Phi) is 7.35. The Hall–Kier alpha value is -3.96. The second kappa shape index (κ2) is 10.8. The largest absolute Gasteiger partial charge is 0.496 e. The van der Waals surface area contributed by atoms with Crippen molar-refractivity contribution >= 4 is 34.2 Å². The molecule has 0 saturated carbocycles. The van der Waals surface area contributed by atoms with Crippen LogP contribution in [-0.4, -0.2) is 35.4 Å². The molecule has 0 bridgehead atoms. The van der Waals surface area contributed by atoms with Crippen molar-refractivity contribution in [1.82, 2.24) is 9.88 Å². The van der Waals surface area contributed by atoms with E-state index in [-0.39, 0.29) is 11.8 Å². The predicted molar refractivity (Wildman–Crippen MR) is 131 cm³/mol. The van der Waals surface area contributed by atoms with Gasteiger partial charge in [0, 0.05) is 41.9 Å². The maximum absolute atomic E-state index is 12.7. The van der Waals surface area contributed by atoms with Crippen LogP contribution in [0.4, 0.5) is 5.00 Å². The van der Waals surface area contributed by atoms with E-state index in [0.29, 0.717) is 48.7 Å². The summed E-state index contributed by atoms with van der Waals surface area (Å²) in [6.07, 6.45) is 8.24. The van der Waals surface area contributed by atoms with Crippen LogP contribution in [0.2, 0.25) is 0 Å². The molecule has 0 radical (unpaired) electrons. The molecular weight excluding hydrogens is 448 g/mol. The number of anilines is 1. The summed E-state index contributed by atoms with van der Waals surface area (Å²) in [4.78, 5) is 32.2. The Morgan fingerprint density at radius 3 is 2.91 bits per heavy atom. The number of nitrogens with one attached hydrogen (secondary N) is 1. The first-order valence-corrected chi connectivity index (χ1v) is 11.7. The van der Waals surface area contributed by atoms with Crippen LogP contribution in [0.5, 0.6) is 5.75 Å². The molecular formula is C26H24N4O3S. The molecule has 34 heavy (non-hydrogen) atoms. The fourth-order valence-corrected chi connectivity index (χ4v) is 5.12. The molecule has 2 aromatic heterocycles. The molecule has 1 aromatic carbocycles. The monoisotopic (exact) mass is 472 g/mol. The Balaban J connectivity index is 1.42. The Labute approximate surface area is 202 Å². The molecule has 3 heterocycles. The molecule has 0 unspecified atom stereocenters. The highest BCUT2D eigenvalue weighted by Crippen LogP contribution is 2.37. The normalized spacial score (nSPS) is 12.8. The van der Waals surface area contributed by atoms with Gasteiger partial charge < -0.3 is 15.0 Å². The smallest absolute Gasteiger partial charge is 0.249 e. The molecule has 7 nitrogen and oxygen atoms in total. The van der Waals surface area contributed by atoms with Crippen LogP contribution in [0, 0.1) is 11.3 Å². The molecule has 172 valence electrons. The van der Waals surface area contributed by atoms with Crippen LogP contribution >= 0.6 is 11.3 Å². The van der Waals surface area contributed by atoms with Gasteiger partial charge in [0.1, 0.15) is 16.8 Å². The number of rotatable bonds is 7. The van der Waals surface area contributed by atoms with Crippen molar-refractivity contribution in [3.05, 3.63) is 82.0 Å². The third-order valence-corrected chi connectivity index (χ3v) is 6.79. The van der Waals surface area contributed by atoms with Gasteiger partial charge in [-0.05, 0) is 42.2 Å². The van der Waals surface area contributed by atoms with Crippen molar-refractivity contribution in [2.45, 2.75) is 25.8 Å². The van der Waals surface area contributed by atoms with Crippen molar-refractivity contribution in [3.8, 4) is 11.8 Å². The summed E-state index contributed by atoms with van der Waals surface area (Å²) in [5, 5.41) is 13.1. The number of aryl methyl sites for hydroxylation is 1. The third-order valence-electron chi connectivity index (χ3n) is 5.66. The standard InChI is InChI=1S/C26H24N4O3S/c1-33-22-7-3-2-6-19(22)9-10-24(31)29-26-21(15-27)20-12-14-30(17-23(20)34-26)25(32)11-8-18-5-4-13-28-16-18/h2-7,9-10,13,16H,8,11-12,14,17H2,1H3,(H,29,31). The Morgan fingerprint density at radius 2 is 2.15 bits per heavy atom. The summed E-state index contributed by atoms with van der Waals surface area (Å²) >= 11 is 1.36. The molecule has 1 aliphatic rings. The van der Waals surface area contributed by atoms with Gasteiger partial charge in [-0.25, -0.2) is 0 Å². The van der Waals surface area contributed by atoms with Crippen LogP contribution in [0.3, 0.4) is 0 Å². The number of hydrogen-bond acceptors (Lipinski definition) is 6. The van der Waals surface area contributed by atoms with Crippen LogP contribution in [0.15, 0.2) is 54.9 Å². The van der Waals surface area contributed by atoms with E-state index in [1.165, 1.54) is 17.4 Å². The zero-order valence-corrected chi connectivity index (χ0v) is 19.6. The highest BCUT2D eigenvalue weighted by atomic mass is 32.1. The SMILES string of the molecule is COc1ccccc1C=CC(=O)Nc1sc2c(c1C#N)CCN(C(=O)CCc1cccnc1)C2. The lowest BCUT2D eigenvalue weighted by Crippen LogP contribution is -2.35. The summed E-state index contributed by atoms with van der Waals surface area (Å²) in [6, 6.07) is 13.5. The minimum Gasteiger partial charge on any atom is -0.496 e. The van der Waals surface area contributed by atoms with Crippen LogP contribution in [0.1, 0.15) is 33.6 Å². The number of aromatic nitrogens is 1. The van der Waals surface area contributed by atoms with Gasteiger partial charge >= 0.3 is 0 Å². The maximum atomic E-state index is 12.7. The molecule has 0 fully saturated rings. The fraction of sp³-hybridized carbons (Fsp3) is 0.231. The van der Waals surface area contributed by atoms with Gasteiger partial charge in [0.05, 0.1) is 19.2 Å². The van der Waals surface area contributed by atoms with Crippen molar-refractivity contribution in [2.75, 3.05) is 19.0 Å². The van der Waals surface area contributed by atoms with Crippen LogP contribution in [-0.2, 0) is 29.0 Å². The number of benzene rings is 1. The van der Waals surface area contributed by atoms with E-state index in [0.717, 1.165) is 21.6 Å². The summed E-state index contributed by atoms with van der Waals surface area (Å²) in [5.74, 6) is 0.418. The molecule has 8 heteroatoms. The lowest BCUT2D eigenvalue weighted by Gasteiger charge is -2.27. The van der Waals surface area contributed by atoms with Crippen LogP contribution in [0.25, 0.3) is 6.08 Å². The highest BCUT2D eigenvalue weighted by molar-refractivity contribution is 7.16. The average molecular weight is 473 g/mol. The van der Waals surface area contributed by atoms with E-state index in [9.17, 15) is 14.9 Å². The number of hydrogen-bond donors (Lipinski definition) is 1. The van der Waals surface area contributed by atoms with E-state index in [1.54, 1.807) is 25.6 Å². The van der Waals surface area contributed by atoms with Crippen molar-refractivity contribution in [2.24, 2.45) is 0 Å². The number of ether oxygens (including phenoxy) is 1. The van der Waals surface area contributed by atoms with E-state index >= 15 is 0 Å². The number of carbonyl (C=O) groups is 2. The predicted octanol–water partition coefficient (Wildman–Crippen LogP) is 4.19. The molecule has 0 saturated heterocycles. The second-order valence-electron chi connectivity index (χ2n) is 7.81. The molecule has 0 aliphatic carbocycles. The summed E-state index contributed by atoms with van der Waals surface area (Å²) in [5.41, 5.74) is 3.23. The molecule has 2 amide bonds. The summed E-state index contributed by atoms with van der Waals surface area (Å²) in [7, 11) is 1.58. The first kappa shape index (κ1) is 23.2. The number of amides is 2. The summed E-state index contributed by atoms with van der Waals surface area (Å²) < 4.78 is 5.30. The van der Waals surface area contributed by atoms with Crippen molar-refractivity contribution in [1.29, 1.82) is 5.26 Å². The van der Waals surface area contributed by atoms with E-state index < -0.39 is 0 Å². The maximum Gasteiger partial charge on any atom is 0.249 e. The zero-order valence-electron chi connectivity index (χ0n) is 18.8. The van der Waals surface area contributed by atoms with Gasteiger partial charge in [0.15, 0.2) is 0 Å². The van der Waals surface area contributed by atoms with E-state index in [2.05, 4.69) is 16.4 Å². The molecule has 1 N–H and O–H groups in total. The topological polar surface area (TPSA) is 95.3 Å². The quantitative estimate of drug-likeness (QED) is 0.520. The highest BCUT2D eigenvalue weighted by Gasteiger charge is 2.27. The van der Waals surface area contributed by atoms with Gasteiger partial charge in [0.2, 0.25) is 11.8 Å². The summed E-state index contributed by atoms with van der Waals surface area (Å²) in [6.45, 7) is 1.01. The van der Waals surface area contributed by atoms with Gasteiger partial charge in [0.25, 0.3) is 0 Å². The Bertz CT molecular complexity index is 1260.